The Morgan fingerprint density at radius 3 is 2.63 bits per heavy atom. The molecule has 0 atom stereocenters. The van der Waals surface area contributed by atoms with Crippen LogP contribution < -0.4 is 19.7 Å². The summed E-state index contributed by atoms with van der Waals surface area (Å²) in [6, 6.07) is 11.8. The number of hydrogen-bond donors (Lipinski definition) is 1. The van der Waals surface area contributed by atoms with E-state index in [9.17, 15) is 9.59 Å². The molecule has 3 rings (SSSR count). The van der Waals surface area contributed by atoms with Crippen molar-refractivity contribution in [3.8, 4) is 11.5 Å². The Morgan fingerprint density at radius 2 is 1.96 bits per heavy atom. The van der Waals surface area contributed by atoms with Gasteiger partial charge in [0.05, 0.1) is 17.3 Å². The summed E-state index contributed by atoms with van der Waals surface area (Å²) < 4.78 is 11.6. The lowest BCUT2D eigenvalue weighted by molar-refractivity contribution is -0.113. The minimum Gasteiger partial charge on any atom is -0.493 e. The third-order valence-electron chi connectivity index (χ3n) is 3.80. The molecule has 0 bridgehead atoms. The Bertz CT molecular complexity index is 925. The molecule has 2 aromatic rings. The molecule has 1 N–H and O–H groups in total. The molecule has 0 aromatic heterocycles. The highest BCUT2D eigenvalue weighted by Crippen LogP contribution is 2.37. The maximum absolute atomic E-state index is 12.7. The number of ether oxygens (including phenoxy) is 2. The Hall–Kier alpha value is -3.06. The van der Waals surface area contributed by atoms with Crippen LogP contribution in [0.5, 0.6) is 11.5 Å². The Kier molecular flexibility index (Phi) is 5.61. The second-order valence-corrected chi connectivity index (χ2v) is 6.45. The number of para-hydroxylation sites is 1. The van der Waals surface area contributed by atoms with E-state index in [2.05, 4.69) is 27.8 Å². The summed E-state index contributed by atoms with van der Waals surface area (Å²) in [5.41, 5.74) is 1.36. The Morgan fingerprint density at radius 1 is 1.22 bits per heavy atom. The fourth-order valence-electron chi connectivity index (χ4n) is 2.62. The predicted molar refractivity (Wildman–Crippen MR) is 107 cm³/mol. The molecule has 1 aliphatic heterocycles. The molecule has 0 radical (unpaired) electrons. The molecule has 0 saturated carbocycles. The van der Waals surface area contributed by atoms with E-state index in [-0.39, 0.29) is 5.70 Å². The third-order valence-corrected chi connectivity index (χ3v) is 4.39. The van der Waals surface area contributed by atoms with Gasteiger partial charge in [-0.2, -0.15) is 0 Å². The lowest BCUT2D eigenvalue weighted by atomic mass is 10.1. The first-order valence-corrected chi connectivity index (χ1v) is 8.88. The number of anilines is 1. The largest absolute Gasteiger partial charge is 0.493 e. The fourth-order valence-corrected chi connectivity index (χ4v) is 3.19. The SMILES string of the molecule is C=CCOc1c(Br)cc(/C=C2/NC(=O)N(c3ccccc3)C2=O)cc1OC. The van der Waals surface area contributed by atoms with Gasteiger partial charge in [-0.05, 0) is 51.8 Å². The van der Waals surface area contributed by atoms with Gasteiger partial charge in [0.1, 0.15) is 12.3 Å². The number of nitrogens with zero attached hydrogens (tertiary/aromatic N) is 1. The van der Waals surface area contributed by atoms with Gasteiger partial charge in [-0.1, -0.05) is 30.9 Å². The van der Waals surface area contributed by atoms with Crippen LogP contribution in [0, 0.1) is 0 Å². The highest BCUT2D eigenvalue weighted by molar-refractivity contribution is 9.10. The number of halogens is 1. The molecule has 1 aliphatic rings. The summed E-state index contributed by atoms with van der Waals surface area (Å²) in [6.45, 7) is 3.95. The normalized spacial score (nSPS) is 15.0. The van der Waals surface area contributed by atoms with Crippen molar-refractivity contribution >= 4 is 39.6 Å². The molecular formula is C20H17BrN2O4. The summed E-state index contributed by atoms with van der Waals surface area (Å²) in [4.78, 5) is 26.0. The molecule has 1 fully saturated rings. The zero-order valence-corrected chi connectivity index (χ0v) is 16.2. The number of hydrogen-bond acceptors (Lipinski definition) is 4. The van der Waals surface area contributed by atoms with Crippen molar-refractivity contribution in [2.24, 2.45) is 0 Å². The van der Waals surface area contributed by atoms with Crippen molar-refractivity contribution < 1.29 is 19.1 Å². The van der Waals surface area contributed by atoms with Gasteiger partial charge in [0.2, 0.25) is 0 Å². The molecule has 3 amide bonds. The fraction of sp³-hybridized carbons (Fsp3) is 0.100. The zero-order valence-electron chi connectivity index (χ0n) is 14.6. The lowest BCUT2D eigenvalue weighted by Crippen LogP contribution is -2.30. The first-order chi connectivity index (χ1) is 13.0. The van der Waals surface area contributed by atoms with Gasteiger partial charge >= 0.3 is 6.03 Å². The third kappa shape index (κ3) is 3.88. The molecule has 0 aliphatic carbocycles. The second kappa shape index (κ2) is 8.09. The molecule has 0 unspecified atom stereocenters. The van der Waals surface area contributed by atoms with Crippen LogP contribution in [0.25, 0.3) is 6.08 Å². The maximum Gasteiger partial charge on any atom is 0.333 e. The Labute approximate surface area is 165 Å². The van der Waals surface area contributed by atoms with Crippen molar-refractivity contribution in [2.45, 2.75) is 0 Å². The van der Waals surface area contributed by atoms with Crippen LogP contribution in [-0.2, 0) is 4.79 Å². The maximum atomic E-state index is 12.7. The molecule has 138 valence electrons. The monoisotopic (exact) mass is 428 g/mol. The van der Waals surface area contributed by atoms with Crippen molar-refractivity contribution in [1.82, 2.24) is 5.32 Å². The number of benzene rings is 2. The van der Waals surface area contributed by atoms with Gasteiger partial charge in [0.25, 0.3) is 5.91 Å². The van der Waals surface area contributed by atoms with E-state index in [0.29, 0.717) is 33.8 Å². The number of amides is 3. The molecule has 27 heavy (non-hydrogen) atoms. The van der Waals surface area contributed by atoms with E-state index in [4.69, 9.17) is 9.47 Å². The first-order valence-electron chi connectivity index (χ1n) is 8.08. The van der Waals surface area contributed by atoms with Crippen LogP contribution in [0.4, 0.5) is 10.5 Å². The molecule has 1 heterocycles. The lowest BCUT2D eigenvalue weighted by Gasteiger charge is -2.12. The number of nitrogens with one attached hydrogen (secondary N) is 1. The van der Waals surface area contributed by atoms with Gasteiger partial charge in [-0.15, -0.1) is 0 Å². The summed E-state index contributed by atoms with van der Waals surface area (Å²) in [7, 11) is 1.53. The minimum atomic E-state index is -0.491. The van der Waals surface area contributed by atoms with Crippen LogP contribution in [0.15, 0.2) is 65.3 Å². The Balaban J connectivity index is 1.93. The van der Waals surface area contributed by atoms with Gasteiger partial charge in [0, 0.05) is 0 Å². The topological polar surface area (TPSA) is 67.9 Å². The van der Waals surface area contributed by atoms with Gasteiger partial charge < -0.3 is 14.8 Å². The van der Waals surface area contributed by atoms with E-state index in [1.807, 2.05) is 6.07 Å². The minimum absolute atomic E-state index is 0.178. The summed E-state index contributed by atoms with van der Waals surface area (Å²) in [5.74, 6) is 0.607. The average Bonchev–Trinajstić information content (AvgIpc) is 2.94. The van der Waals surface area contributed by atoms with Crippen LogP contribution in [-0.4, -0.2) is 25.7 Å². The summed E-state index contributed by atoms with van der Waals surface area (Å²) >= 11 is 3.44. The second-order valence-electron chi connectivity index (χ2n) is 5.60. The summed E-state index contributed by atoms with van der Waals surface area (Å²) in [6.07, 6.45) is 3.22. The van der Waals surface area contributed by atoms with Crippen molar-refractivity contribution in [3.05, 3.63) is 70.9 Å². The van der Waals surface area contributed by atoms with Crippen LogP contribution in [0.2, 0.25) is 0 Å². The number of methoxy groups -OCH3 is 1. The van der Waals surface area contributed by atoms with Crippen molar-refractivity contribution in [2.75, 3.05) is 18.6 Å². The molecule has 6 nitrogen and oxygen atoms in total. The van der Waals surface area contributed by atoms with E-state index < -0.39 is 11.9 Å². The van der Waals surface area contributed by atoms with Gasteiger partial charge in [-0.25, -0.2) is 9.69 Å². The summed E-state index contributed by atoms with van der Waals surface area (Å²) in [5, 5.41) is 2.60. The van der Waals surface area contributed by atoms with Gasteiger partial charge in [-0.3, -0.25) is 4.79 Å². The van der Waals surface area contributed by atoms with E-state index >= 15 is 0 Å². The number of carbonyl (C=O) groups is 2. The highest BCUT2D eigenvalue weighted by Gasteiger charge is 2.34. The van der Waals surface area contributed by atoms with Crippen molar-refractivity contribution in [3.63, 3.8) is 0 Å². The molecule has 2 aromatic carbocycles. The number of rotatable bonds is 6. The van der Waals surface area contributed by atoms with Crippen LogP contribution >= 0.6 is 15.9 Å². The van der Waals surface area contributed by atoms with E-state index in [0.717, 1.165) is 4.90 Å². The van der Waals surface area contributed by atoms with Crippen LogP contribution in [0.3, 0.4) is 0 Å². The number of urea groups is 1. The first kappa shape index (κ1) is 18.7. The molecule has 7 heteroatoms. The van der Waals surface area contributed by atoms with Crippen molar-refractivity contribution in [1.29, 1.82) is 0 Å². The number of carbonyl (C=O) groups excluding carboxylic acids is 2. The number of imide groups is 1. The van der Waals surface area contributed by atoms with Gasteiger partial charge in [0.15, 0.2) is 11.5 Å². The predicted octanol–water partition coefficient (Wildman–Crippen LogP) is 4.12. The van der Waals surface area contributed by atoms with Crippen LogP contribution in [0.1, 0.15) is 5.56 Å². The van der Waals surface area contributed by atoms with E-state index in [1.165, 1.54) is 7.11 Å². The smallest absolute Gasteiger partial charge is 0.333 e. The molecule has 0 spiro atoms. The van der Waals surface area contributed by atoms with E-state index in [1.54, 1.807) is 48.6 Å². The average molecular weight is 429 g/mol. The highest BCUT2D eigenvalue weighted by atomic mass is 79.9. The quantitative estimate of drug-likeness (QED) is 0.426. The zero-order chi connectivity index (χ0) is 19.4. The molecular weight excluding hydrogens is 412 g/mol. The molecule has 1 saturated heterocycles. The standard InChI is InChI=1S/C20H17BrN2O4/c1-3-9-27-18-15(21)10-13(12-17(18)26-2)11-16-19(24)23(20(25)22-16)14-7-5-4-6-8-14/h3-8,10-12H,1,9H2,2H3,(H,22,25)/b16-11+.